The lowest BCUT2D eigenvalue weighted by atomic mass is 9.99. The lowest BCUT2D eigenvalue weighted by Crippen LogP contribution is -2.08. The summed E-state index contributed by atoms with van der Waals surface area (Å²) in [5, 5.41) is 0. The van der Waals surface area contributed by atoms with E-state index < -0.39 is 0 Å². The van der Waals surface area contributed by atoms with Crippen LogP contribution in [0.1, 0.15) is 30.7 Å². The van der Waals surface area contributed by atoms with Gasteiger partial charge in [0, 0.05) is 24.7 Å². The third kappa shape index (κ3) is 5.52. The van der Waals surface area contributed by atoms with Crippen molar-refractivity contribution in [3.8, 4) is 16.9 Å². The minimum Gasteiger partial charge on any atom is -0.491 e. The van der Waals surface area contributed by atoms with Gasteiger partial charge < -0.3 is 4.74 Å². The molecule has 2 aromatic carbocycles. The Hall–Kier alpha value is -2.94. The molecule has 1 heterocycles. The molecule has 0 amide bonds. The summed E-state index contributed by atoms with van der Waals surface area (Å²) in [6.45, 7) is 5.97. The summed E-state index contributed by atoms with van der Waals surface area (Å²) >= 11 is 0. The zero-order valence-electron chi connectivity index (χ0n) is 16.1. The summed E-state index contributed by atoms with van der Waals surface area (Å²) < 4.78 is 5.70. The Morgan fingerprint density at radius 3 is 2.37 bits per heavy atom. The summed E-state index contributed by atoms with van der Waals surface area (Å²) in [4.78, 5) is 16.7. The monoisotopic (exact) mass is 359 g/mol. The van der Waals surface area contributed by atoms with Gasteiger partial charge in [0.05, 0.1) is 6.10 Å². The molecular formula is C24H25NO2. The highest BCUT2D eigenvalue weighted by Gasteiger charge is 2.08. The lowest BCUT2D eigenvalue weighted by Gasteiger charge is -2.10. The van der Waals surface area contributed by atoms with E-state index in [0.29, 0.717) is 12.8 Å². The number of carbonyl (C=O) groups excluding carboxylic acids is 1. The average molecular weight is 359 g/mol. The molecule has 0 unspecified atom stereocenters. The molecule has 3 rings (SSSR count). The normalized spacial score (nSPS) is 10.8. The summed E-state index contributed by atoms with van der Waals surface area (Å²) in [7, 11) is 0. The van der Waals surface area contributed by atoms with Gasteiger partial charge in [-0.15, -0.1) is 0 Å². The van der Waals surface area contributed by atoms with Crippen LogP contribution in [0.4, 0.5) is 0 Å². The Balaban J connectivity index is 1.63. The van der Waals surface area contributed by atoms with Gasteiger partial charge in [-0.3, -0.25) is 9.78 Å². The highest BCUT2D eigenvalue weighted by atomic mass is 16.5. The van der Waals surface area contributed by atoms with E-state index in [1.54, 1.807) is 0 Å². The van der Waals surface area contributed by atoms with Crippen LogP contribution in [0.2, 0.25) is 0 Å². The quantitative estimate of drug-likeness (QED) is 0.582. The molecule has 3 nitrogen and oxygen atoms in total. The number of aryl methyl sites for hydroxylation is 1. The van der Waals surface area contributed by atoms with Gasteiger partial charge in [-0.2, -0.15) is 0 Å². The summed E-state index contributed by atoms with van der Waals surface area (Å²) in [6.07, 6.45) is 2.80. The average Bonchev–Trinajstić information content (AvgIpc) is 2.62. The predicted octanol–water partition coefficient (Wildman–Crippen LogP) is 5.20. The minimum atomic E-state index is 0.124. The zero-order chi connectivity index (χ0) is 19.2. The Morgan fingerprint density at radius 1 is 0.926 bits per heavy atom. The van der Waals surface area contributed by atoms with Gasteiger partial charge in [-0.05, 0) is 67.3 Å². The van der Waals surface area contributed by atoms with Crippen LogP contribution in [0.25, 0.3) is 11.1 Å². The second-order valence-corrected chi connectivity index (χ2v) is 7.09. The van der Waals surface area contributed by atoms with E-state index in [9.17, 15) is 4.79 Å². The fraction of sp³-hybridized carbons (Fsp3) is 0.250. The van der Waals surface area contributed by atoms with E-state index >= 15 is 0 Å². The van der Waals surface area contributed by atoms with Crippen LogP contribution in [0, 0.1) is 6.92 Å². The number of hydrogen-bond acceptors (Lipinski definition) is 3. The van der Waals surface area contributed by atoms with Gasteiger partial charge in [0.25, 0.3) is 0 Å². The van der Waals surface area contributed by atoms with E-state index in [2.05, 4.69) is 23.2 Å². The van der Waals surface area contributed by atoms with E-state index in [1.165, 1.54) is 0 Å². The van der Waals surface area contributed by atoms with Crippen LogP contribution in [0.5, 0.6) is 5.75 Å². The van der Waals surface area contributed by atoms with Crippen molar-refractivity contribution in [3.63, 3.8) is 0 Å². The molecule has 0 spiro atoms. The van der Waals surface area contributed by atoms with Gasteiger partial charge in [0.15, 0.2) is 0 Å². The number of rotatable bonds is 7. The standard InChI is InChI=1S/C24H25NO2/c1-17(2)27-24-6-4-5-20(16-24)15-23(26)14-19-7-9-21(10-8-19)22-11-12-25-18(3)13-22/h4-13,16-17H,14-15H2,1-3H3. The number of ketones is 1. The Labute approximate surface area is 161 Å². The van der Waals surface area contributed by atoms with Crippen LogP contribution >= 0.6 is 0 Å². The maximum Gasteiger partial charge on any atom is 0.141 e. The minimum absolute atomic E-state index is 0.124. The molecule has 0 fully saturated rings. The molecule has 3 heteroatoms. The molecule has 0 saturated carbocycles. The summed E-state index contributed by atoms with van der Waals surface area (Å²) in [5.41, 5.74) is 5.29. The number of hydrogen-bond donors (Lipinski definition) is 0. The van der Waals surface area contributed by atoms with Crippen LogP contribution in [-0.2, 0) is 17.6 Å². The second-order valence-electron chi connectivity index (χ2n) is 7.09. The molecule has 0 aliphatic carbocycles. The molecule has 0 saturated heterocycles. The van der Waals surface area contributed by atoms with E-state index in [0.717, 1.165) is 33.7 Å². The van der Waals surface area contributed by atoms with Crippen LogP contribution in [-0.4, -0.2) is 16.9 Å². The number of benzene rings is 2. The van der Waals surface area contributed by atoms with Gasteiger partial charge >= 0.3 is 0 Å². The first-order chi connectivity index (χ1) is 13.0. The Kier molecular flexibility index (Phi) is 6.02. The first-order valence-electron chi connectivity index (χ1n) is 9.29. The topological polar surface area (TPSA) is 39.2 Å². The van der Waals surface area contributed by atoms with Crippen LogP contribution < -0.4 is 4.74 Å². The molecule has 0 N–H and O–H groups in total. The second kappa shape index (κ2) is 8.63. The maximum absolute atomic E-state index is 12.5. The number of carbonyl (C=O) groups is 1. The molecule has 0 radical (unpaired) electrons. The third-order valence-electron chi connectivity index (χ3n) is 4.26. The summed E-state index contributed by atoms with van der Waals surface area (Å²) in [6, 6.07) is 20.0. The Bertz CT molecular complexity index is 914. The fourth-order valence-electron chi connectivity index (χ4n) is 3.06. The molecule has 1 aromatic heterocycles. The molecular weight excluding hydrogens is 334 g/mol. The molecule has 0 aliphatic heterocycles. The van der Waals surface area contributed by atoms with Crippen molar-refractivity contribution in [3.05, 3.63) is 83.7 Å². The van der Waals surface area contributed by atoms with Crippen molar-refractivity contribution in [2.24, 2.45) is 0 Å². The van der Waals surface area contributed by atoms with E-state index in [4.69, 9.17) is 4.74 Å². The first-order valence-corrected chi connectivity index (χ1v) is 9.29. The molecule has 138 valence electrons. The van der Waals surface area contributed by atoms with Crippen molar-refractivity contribution in [2.45, 2.75) is 39.7 Å². The molecule has 0 atom stereocenters. The largest absolute Gasteiger partial charge is 0.491 e. The highest BCUT2D eigenvalue weighted by Crippen LogP contribution is 2.21. The maximum atomic E-state index is 12.5. The lowest BCUT2D eigenvalue weighted by molar-refractivity contribution is -0.117. The number of nitrogens with zero attached hydrogens (tertiary/aromatic N) is 1. The van der Waals surface area contributed by atoms with Crippen molar-refractivity contribution >= 4 is 5.78 Å². The number of pyridine rings is 1. The van der Waals surface area contributed by atoms with Crippen molar-refractivity contribution in [1.29, 1.82) is 0 Å². The predicted molar refractivity (Wildman–Crippen MR) is 109 cm³/mol. The van der Waals surface area contributed by atoms with Crippen molar-refractivity contribution < 1.29 is 9.53 Å². The fourth-order valence-corrected chi connectivity index (χ4v) is 3.06. The Morgan fingerprint density at radius 2 is 1.67 bits per heavy atom. The van der Waals surface area contributed by atoms with Crippen LogP contribution in [0.15, 0.2) is 66.9 Å². The van der Waals surface area contributed by atoms with Gasteiger partial charge in [0.2, 0.25) is 0 Å². The number of ether oxygens (including phenoxy) is 1. The highest BCUT2D eigenvalue weighted by molar-refractivity contribution is 5.83. The molecule has 27 heavy (non-hydrogen) atoms. The van der Waals surface area contributed by atoms with E-state index in [-0.39, 0.29) is 11.9 Å². The van der Waals surface area contributed by atoms with Gasteiger partial charge in [-0.1, -0.05) is 36.4 Å². The smallest absolute Gasteiger partial charge is 0.141 e. The first kappa shape index (κ1) is 18.8. The number of Topliss-reactive ketones (excluding diaryl/α,β-unsaturated/α-hetero) is 1. The number of aromatic nitrogens is 1. The third-order valence-corrected chi connectivity index (χ3v) is 4.26. The summed E-state index contributed by atoms with van der Waals surface area (Å²) in [5.74, 6) is 1.01. The van der Waals surface area contributed by atoms with E-state index in [1.807, 2.05) is 69.4 Å². The van der Waals surface area contributed by atoms with Gasteiger partial charge in [0.1, 0.15) is 11.5 Å². The van der Waals surface area contributed by atoms with Gasteiger partial charge in [-0.25, -0.2) is 0 Å². The zero-order valence-corrected chi connectivity index (χ0v) is 16.1. The van der Waals surface area contributed by atoms with Crippen molar-refractivity contribution in [1.82, 2.24) is 4.98 Å². The van der Waals surface area contributed by atoms with Crippen LogP contribution in [0.3, 0.4) is 0 Å². The SMILES string of the molecule is Cc1cc(-c2ccc(CC(=O)Cc3cccc(OC(C)C)c3)cc2)ccn1. The molecule has 3 aromatic rings. The van der Waals surface area contributed by atoms with Crippen molar-refractivity contribution in [2.75, 3.05) is 0 Å². The molecule has 0 aliphatic rings. The molecule has 0 bridgehead atoms.